The number of carbonyl (C=O) groups excluding carboxylic acids is 1. The Labute approximate surface area is 157 Å². The van der Waals surface area contributed by atoms with Crippen molar-refractivity contribution in [2.75, 3.05) is 19.0 Å². The minimum atomic E-state index is -0.566. The van der Waals surface area contributed by atoms with Gasteiger partial charge in [-0.1, -0.05) is 34.8 Å². The second kappa shape index (κ2) is 8.24. The van der Waals surface area contributed by atoms with Crippen LogP contribution in [0.4, 0.5) is 11.4 Å². The Balaban J connectivity index is 2.06. The molecular weight excluding hydrogens is 395 g/mol. The van der Waals surface area contributed by atoms with E-state index in [9.17, 15) is 14.9 Å². The van der Waals surface area contributed by atoms with E-state index in [0.717, 1.165) is 0 Å². The maximum absolute atomic E-state index is 12.0. The average Bonchev–Trinajstić information content (AvgIpc) is 2.57. The molecule has 2 rings (SSSR count). The predicted molar refractivity (Wildman–Crippen MR) is 95.2 cm³/mol. The summed E-state index contributed by atoms with van der Waals surface area (Å²) in [6, 6.07) is 6.60. The van der Waals surface area contributed by atoms with Crippen LogP contribution in [0.2, 0.25) is 15.1 Å². The first-order valence-electron chi connectivity index (χ1n) is 6.71. The highest BCUT2D eigenvalue weighted by molar-refractivity contribution is 6.43. The highest BCUT2D eigenvalue weighted by Gasteiger charge is 2.14. The second-order valence-corrected chi connectivity index (χ2v) is 5.90. The van der Waals surface area contributed by atoms with Crippen LogP contribution in [0.25, 0.3) is 0 Å². The van der Waals surface area contributed by atoms with Gasteiger partial charge in [-0.25, -0.2) is 0 Å². The van der Waals surface area contributed by atoms with Crippen LogP contribution in [-0.2, 0) is 4.79 Å². The SMILES string of the molecule is COc1cc([N+](=O)[O-])ccc1NC(=O)COc1cc(Cl)c(Cl)cc1Cl. The summed E-state index contributed by atoms with van der Waals surface area (Å²) in [6.07, 6.45) is 0. The lowest BCUT2D eigenvalue weighted by Crippen LogP contribution is -2.20. The van der Waals surface area contributed by atoms with Gasteiger partial charge in [0.25, 0.3) is 11.6 Å². The molecule has 2 aromatic rings. The first kappa shape index (κ1) is 19.1. The highest BCUT2D eigenvalue weighted by atomic mass is 35.5. The normalized spacial score (nSPS) is 10.2. The number of carbonyl (C=O) groups is 1. The smallest absolute Gasteiger partial charge is 0.273 e. The lowest BCUT2D eigenvalue weighted by Gasteiger charge is -2.12. The van der Waals surface area contributed by atoms with Crippen molar-refractivity contribution >= 4 is 52.1 Å². The quantitative estimate of drug-likeness (QED) is 0.431. The molecule has 0 aromatic heterocycles. The van der Waals surface area contributed by atoms with Crippen molar-refractivity contribution in [2.45, 2.75) is 0 Å². The Bertz CT molecular complexity index is 829. The molecule has 0 unspecified atom stereocenters. The molecule has 0 bridgehead atoms. The van der Waals surface area contributed by atoms with Crippen molar-refractivity contribution < 1.29 is 19.2 Å². The third kappa shape index (κ3) is 4.88. The number of nitrogens with one attached hydrogen (secondary N) is 1. The first-order chi connectivity index (χ1) is 11.8. The van der Waals surface area contributed by atoms with Crippen LogP contribution in [0, 0.1) is 10.1 Å². The zero-order chi connectivity index (χ0) is 18.6. The van der Waals surface area contributed by atoms with Gasteiger partial charge in [0.1, 0.15) is 11.5 Å². The fourth-order valence-corrected chi connectivity index (χ4v) is 2.43. The summed E-state index contributed by atoms with van der Waals surface area (Å²) in [4.78, 5) is 22.2. The highest BCUT2D eigenvalue weighted by Crippen LogP contribution is 2.34. The van der Waals surface area contributed by atoms with Crippen LogP contribution >= 0.6 is 34.8 Å². The third-order valence-corrected chi connectivity index (χ3v) is 4.02. The minimum Gasteiger partial charge on any atom is -0.494 e. The Morgan fingerprint density at radius 3 is 2.44 bits per heavy atom. The third-order valence-electron chi connectivity index (χ3n) is 3.00. The molecule has 7 nitrogen and oxygen atoms in total. The van der Waals surface area contributed by atoms with Gasteiger partial charge in [0.15, 0.2) is 6.61 Å². The molecule has 0 atom stereocenters. The van der Waals surface area contributed by atoms with E-state index in [4.69, 9.17) is 44.3 Å². The molecule has 0 aliphatic heterocycles. The number of nitro benzene ring substituents is 1. The zero-order valence-corrected chi connectivity index (χ0v) is 15.0. The number of halogens is 3. The average molecular weight is 406 g/mol. The van der Waals surface area contributed by atoms with Crippen molar-refractivity contribution in [1.82, 2.24) is 0 Å². The van der Waals surface area contributed by atoms with Crippen molar-refractivity contribution in [1.29, 1.82) is 0 Å². The summed E-state index contributed by atoms with van der Waals surface area (Å²) < 4.78 is 10.3. The van der Waals surface area contributed by atoms with Crippen LogP contribution in [0.5, 0.6) is 11.5 Å². The predicted octanol–water partition coefficient (Wildman–Crippen LogP) is 4.58. The summed E-state index contributed by atoms with van der Waals surface area (Å²) in [6.45, 7) is -0.363. The Kier molecular flexibility index (Phi) is 6.30. The van der Waals surface area contributed by atoms with E-state index in [-0.39, 0.29) is 44.5 Å². The standard InChI is InChI=1S/C15H11Cl3N2O5/c1-24-14-4-8(20(22)23)2-3-12(14)19-15(21)7-25-13-6-10(17)9(16)5-11(13)18/h2-6H,7H2,1H3,(H,19,21). The lowest BCUT2D eigenvalue weighted by molar-refractivity contribution is -0.384. The summed E-state index contributed by atoms with van der Waals surface area (Å²) >= 11 is 17.6. The van der Waals surface area contributed by atoms with Gasteiger partial charge in [-0.3, -0.25) is 14.9 Å². The second-order valence-electron chi connectivity index (χ2n) is 4.68. The van der Waals surface area contributed by atoms with Gasteiger partial charge in [0.05, 0.1) is 38.9 Å². The first-order valence-corrected chi connectivity index (χ1v) is 7.85. The largest absolute Gasteiger partial charge is 0.494 e. The van der Waals surface area contributed by atoms with Crippen LogP contribution in [-0.4, -0.2) is 24.5 Å². The minimum absolute atomic E-state index is 0.148. The number of anilines is 1. The van der Waals surface area contributed by atoms with Gasteiger partial charge < -0.3 is 14.8 Å². The number of rotatable bonds is 6. The molecule has 0 spiro atoms. The number of hydrogen-bond acceptors (Lipinski definition) is 5. The number of amides is 1. The number of nitro groups is 1. The Morgan fingerprint density at radius 1 is 1.12 bits per heavy atom. The lowest BCUT2D eigenvalue weighted by atomic mass is 10.2. The molecule has 0 heterocycles. The Hall–Kier alpha value is -2.22. The van der Waals surface area contributed by atoms with E-state index in [1.807, 2.05) is 0 Å². The monoisotopic (exact) mass is 404 g/mol. The molecular formula is C15H11Cl3N2O5. The summed E-state index contributed by atoms with van der Waals surface area (Å²) in [5, 5.41) is 14.0. The van der Waals surface area contributed by atoms with Gasteiger partial charge >= 0.3 is 0 Å². The van der Waals surface area contributed by atoms with E-state index in [1.54, 1.807) is 0 Å². The summed E-state index contributed by atoms with van der Waals surface area (Å²) in [5.41, 5.74) is 0.107. The number of benzene rings is 2. The fraction of sp³-hybridized carbons (Fsp3) is 0.133. The Morgan fingerprint density at radius 2 is 1.80 bits per heavy atom. The van der Waals surface area contributed by atoms with Crippen molar-refractivity contribution in [2.24, 2.45) is 0 Å². The van der Waals surface area contributed by atoms with E-state index >= 15 is 0 Å². The van der Waals surface area contributed by atoms with Crippen molar-refractivity contribution in [3.8, 4) is 11.5 Å². The number of hydrogen-bond donors (Lipinski definition) is 1. The van der Waals surface area contributed by atoms with Gasteiger partial charge in [-0.2, -0.15) is 0 Å². The van der Waals surface area contributed by atoms with Gasteiger partial charge in [0, 0.05) is 12.1 Å². The fourth-order valence-electron chi connectivity index (χ4n) is 1.84. The molecule has 1 N–H and O–H groups in total. The number of nitrogens with zero attached hydrogens (tertiary/aromatic N) is 1. The number of ether oxygens (including phenoxy) is 2. The van der Waals surface area contributed by atoms with E-state index in [1.165, 1.54) is 37.4 Å². The maximum atomic E-state index is 12.0. The molecule has 1 amide bonds. The van der Waals surface area contributed by atoms with E-state index in [2.05, 4.69) is 5.32 Å². The molecule has 0 radical (unpaired) electrons. The molecule has 132 valence electrons. The van der Waals surface area contributed by atoms with Gasteiger partial charge in [-0.05, 0) is 12.1 Å². The molecule has 0 aliphatic carbocycles. The van der Waals surface area contributed by atoms with Crippen LogP contribution in [0.3, 0.4) is 0 Å². The van der Waals surface area contributed by atoms with Gasteiger partial charge in [0.2, 0.25) is 0 Å². The zero-order valence-electron chi connectivity index (χ0n) is 12.7. The number of methoxy groups -OCH3 is 1. The molecule has 2 aromatic carbocycles. The summed E-state index contributed by atoms with van der Waals surface area (Å²) in [5.74, 6) is -0.175. The van der Waals surface area contributed by atoms with Crippen molar-refractivity contribution in [3.05, 3.63) is 55.5 Å². The molecule has 0 fully saturated rings. The van der Waals surface area contributed by atoms with E-state index in [0.29, 0.717) is 0 Å². The van der Waals surface area contributed by atoms with Crippen molar-refractivity contribution in [3.63, 3.8) is 0 Å². The number of non-ortho nitro benzene ring substituents is 1. The van der Waals surface area contributed by atoms with Gasteiger partial charge in [-0.15, -0.1) is 0 Å². The molecule has 0 aliphatic rings. The molecule has 10 heteroatoms. The molecule has 0 saturated heterocycles. The van der Waals surface area contributed by atoms with E-state index < -0.39 is 10.8 Å². The van der Waals surface area contributed by atoms with Crippen LogP contribution in [0.15, 0.2) is 30.3 Å². The van der Waals surface area contributed by atoms with Crippen LogP contribution in [0.1, 0.15) is 0 Å². The summed E-state index contributed by atoms with van der Waals surface area (Å²) in [7, 11) is 1.33. The topological polar surface area (TPSA) is 90.7 Å². The van der Waals surface area contributed by atoms with Crippen LogP contribution < -0.4 is 14.8 Å². The maximum Gasteiger partial charge on any atom is 0.273 e. The molecule has 25 heavy (non-hydrogen) atoms. The molecule has 0 saturated carbocycles.